The van der Waals surface area contributed by atoms with E-state index in [1.807, 2.05) is 12.1 Å². The van der Waals surface area contributed by atoms with Gasteiger partial charge in [0.25, 0.3) is 5.88 Å². The van der Waals surface area contributed by atoms with Gasteiger partial charge in [-0.2, -0.15) is 0 Å². The van der Waals surface area contributed by atoms with Gasteiger partial charge in [0.15, 0.2) is 5.75 Å². The van der Waals surface area contributed by atoms with E-state index in [9.17, 15) is 0 Å². The summed E-state index contributed by atoms with van der Waals surface area (Å²) in [5.74, 6) is 1.27. The van der Waals surface area contributed by atoms with Crippen molar-refractivity contribution < 1.29 is 9.47 Å². The third kappa shape index (κ3) is 2.59. The summed E-state index contributed by atoms with van der Waals surface area (Å²) < 4.78 is 10.8. The number of nitrogens with zero attached hydrogens (tertiary/aromatic N) is 1. The van der Waals surface area contributed by atoms with E-state index in [1.54, 1.807) is 13.3 Å². The van der Waals surface area contributed by atoms with Crippen LogP contribution in [0.2, 0.25) is 0 Å². The van der Waals surface area contributed by atoms with Crippen LogP contribution in [0.5, 0.6) is 11.6 Å². The average molecular weight is 208 g/mol. The Morgan fingerprint density at radius 3 is 3.27 bits per heavy atom. The van der Waals surface area contributed by atoms with Crippen LogP contribution in [0, 0.1) is 0 Å². The zero-order valence-electron chi connectivity index (χ0n) is 8.90. The monoisotopic (exact) mass is 208 g/mol. The van der Waals surface area contributed by atoms with Crippen molar-refractivity contribution in [1.82, 2.24) is 10.3 Å². The first-order valence-electron chi connectivity index (χ1n) is 5.25. The second-order valence-corrected chi connectivity index (χ2v) is 3.62. The highest BCUT2D eigenvalue weighted by Crippen LogP contribution is 2.23. The van der Waals surface area contributed by atoms with Gasteiger partial charge in [-0.05, 0) is 31.5 Å². The van der Waals surface area contributed by atoms with Gasteiger partial charge in [-0.25, -0.2) is 4.98 Å². The van der Waals surface area contributed by atoms with Gasteiger partial charge in [-0.1, -0.05) is 0 Å². The molecule has 0 bridgehead atoms. The van der Waals surface area contributed by atoms with E-state index in [0.29, 0.717) is 24.3 Å². The van der Waals surface area contributed by atoms with Crippen LogP contribution >= 0.6 is 0 Å². The molecule has 1 aromatic heterocycles. The summed E-state index contributed by atoms with van der Waals surface area (Å²) in [5, 5.41) is 3.38. The molecule has 82 valence electrons. The van der Waals surface area contributed by atoms with Gasteiger partial charge >= 0.3 is 0 Å². The summed E-state index contributed by atoms with van der Waals surface area (Å²) in [6.45, 7) is 1.78. The van der Waals surface area contributed by atoms with E-state index in [-0.39, 0.29) is 0 Å². The maximum atomic E-state index is 5.66. The summed E-state index contributed by atoms with van der Waals surface area (Å²) in [4.78, 5) is 4.07. The molecule has 0 spiro atoms. The molecule has 15 heavy (non-hydrogen) atoms. The van der Waals surface area contributed by atoms with Crippen molar-refractivity contribution in [2.75, 3.05) is 20.3 Å². The van der Waals surface area contributed by atoms with E-state index < -0.39 is 0 Å². The molecular formula is C11H16N2O2. The molecule has 2 heterocycles. The topological polar surface area (TPSA) is 43.4 Å². The lowest BCUT2D eigenvalue weighted by atomic mass is 10.2. The Kier molecular flexibility index (Phi) is 3.40. The Labute approximate surface area is 89.6 Å². The Morgan fingerprint density at radius 1 is 1.60 bits per heavy atom. The number of hydrogen-bond donors (Lipinski definition) is 1. The van der Waals surface area contributed by atoms with Gasteiger partial charge in [-0.15, -0.1) is 0 Å². The van der Waals surface area contributed by atoms with Crippen LogP contribution in [0.1, 0.15) is 12.8 Å². The molecule has 4 nitrogen and oxygen atoms in total. The van der Waals surface area contributed by atoms with E-state index in [1.165, 1.54) is 12.8 Å². The summed E-state index contributed by atoms with van der Waals surface area (Å²) in [7, 11) is 1.60. The highest BCUT2D eigenvalue weighted by atomic mass is 16.5. The quantitative estimate of drug-likeness (QED) is 0.808. The second kappa shape index (κ2) is 4.98. The number of pyridine rings is 1. The fourth-order valence-electron chi connectivity index (χ4n) is 1.73. The maximum absolute atomic E-state index is 5.66. The Morgan fingerprint density at radius 2 is 2.53 bits per heavy atom. The predicted octanol–water partition coefficient (Wildman–Crippen LogP) is 1.22. The molecule has 1 atom stereocenters. The first-order valence-corrected chi connectivity index (χ1v) is 5.25. The van der Waals surface area contributed by atoms with Gasteiger partial charge in [0.05, 0.1) is 7.11 Å². The molecule has 4 heteroatoms. The van der Waals surface area contributed by atoms with E-state index in [4.69, 9.17) is 9.47 Å². The zero-order valence-corrected chi connectivity index (χ0v) is 8.90. The minimum Gasteiger partial charge on any atom is -0.486 e. The molecule has 1 aliphatic rings. The Balaban J connectivity index is 1.91. The van der Waals surface area contributed by atoms with Crippen LogP contribution in [0.25, 0.3) is 0 Å². The number of methoxy groups -OCH3 is 1. The van der Waals surface area contributed by atoms with Crippen LogP contribution in [-0.4, -0.2) is 31.3 Å². The van der Waals surface area contributed by atoms with Gasteiger partial charge < -0.3 is 14.8 Å². The first-order chi connectivity index (χ1) is 7.40. The maximum Gasteiger partial charge on any atom is 0.256 e. The van der Waals surface area contributed by atoms with Crippen molar-refractivity contribution in [2.45, 2.75) is 18.9 Å². The molecule has 1 aliphatic heterocycles. The summed E-state index contributed by atoms with van der Waals surface area (Å²) in [5.41, 5.74) is 0. The number of nitrogens with one attached hydrogen (secondary N) is 1. The fraction of sp³-hybridized carbons (Fsp3) is 0.545. The van der Waals surface area contributed by atoms with E-state index >= 15 is 0 Å². The van der Waals surface area contributed by atoms with Crippen LogP contribution < -0.4 is 14.8 Å². The van der Waals surface area contributed by atoms with Gasteiger partial charge in [0.1, 0.15) is 6.61 Å². The molecular weight excluding hydrogens is 192 g/mol. The molecule has 0 aliphatic carbocycles. The van der Waals surface area contributed by atoms with Crippen molar-refractivity contribution in [2.24, 2.45) is 0 Å². The molecule has 1 saturated heterocycles. The standard InChI is InChI=1S/C11H16N2O2/c1-14-11-10(5-3-7-13-11)15-8-9-4-2-6-12-9/h3,5,7,9,12H,2,4,6,8H2,1H3/t9-/m0/s1. The van der Waals surface area contributed by atoms with Crippen molar-refractivity contribution >= 4 is 0 Å². The highest BCUT2D eigenvalue weighted by Gasteiger charge is 2.15. The molecule has 0 aromatic carbocycles. The summed E-state index contributed by atoms with van der Waals surface area (Å²) in [6, 6.07) is 4.19. The lowest BCUT2D eigenvalue weighted by molar-refractivity contribution is 0.259. The predicted molar refractivity (Wildman–Crippen MR) is 57.3 cm³/mol. The normalized spacial score (nSPS) is 20.2. The lowest BCUT2D eigenvalue weighted by Gasteiger charge is -2.13. The highest BCUT2D eigenvalue weighted by molar-refractivity contribution is 5.32. The SMILES string of the molecule is COc1ncccc1OC[C@@H]1CCCN1. The Bertz CT molecular complexity index is 311. The summed E-state index contributed by atoms with van der Waals surface area (Å²) in [6.07, 6.45) is 4.11. The molecule has 2 rings (SSSR count). The number of aromatic nitrogens is 1. The fourth-order valence-corrected chi connectivity index (χ4v) is 1.73. The van der Waals surface area contributed by atoms with E-state index in [0.717, 1.165) is 6.54 Å². The number of rotatable bonds is 4. The van der Waals surface area contributed by atoms with E-state index in [2.05, 4.69) is 10.3 Å². The van der Waals surface area contributed by atoms with Crippen molar-refractivity contribution in [3.05, 3.63) is 18.3 Å². The second-order valence-electron chi connectivity index (χ2n) is 3.62. The third-order valence-electron chi connectivity index (χ3n) is 2.53. The van der Waals surface area contributed by atoms with Crippen molar-refractivity contribution in [3.8, 4) is 11.6 Å². The van der Waals surface area contributed by atoms with Gasteiger partial charge in [-0.3, -0.25) is 0 Å². The smallest absolute Gasteiger partial charge is 0.256 e. The average Bonchev–Trinajstić information content (AvgIpc) is 2.79. The minimum absolute atomic E-state index is 0.468. The molecule has 0 unspecified atom stereocenters. The lowest BCUT2D eigenvalue weighted by Crippen LogP contribution is -2.28. The molecule has 0 saturated carbocycles. The minimum atomic E-state index is 0.468. The van der Waals surface area contributed by atoms with Gasteiger partial charge in [0, 0.05) is 12.2 Å². The van der Waals surface area contributed by atoms with Crippen LogP contribution in [0.4, 0.5) is 0 Å². The van der Waals surface area contributed by atoms with Crippen LogP contribution in [0.15, 0.2) is 18.3 Å². The number of ether oxygens (including phenoxy) is 2. The van der Waals surface area contributed by atoms with Crippen LogP contribution in [0.3, 0.4) is 0 Å². The number of hydrogen-bond acceptors (Lipinski definition) is 4. The summed E-state index contributed by atoms with van der Waals surface area (Å²) >= 11 is 0. The largest absolute Gasteiger partial charge is 0.486 e. The zero-order chi connectivity index (χ0) is 10.5. The Hall–Kier alpha value is -1.29. The molecule has 0 radical (unpaired) electrons. The van der Waals surface area contributed by atoms with Gasteiger partial charge in [0.2, 0.25) is 0 Å². The molecule has 1 fully saturated rings. The first kappa shape index (κ1) is 10.2. The molecule has 1 N–H and O–H groups in total. The molecule has 1 aromatic rings. The molecule has 0 amide bonds. The van der Waals surface area contributed by atoms with Crippen molar-refractivity contribution in [3.63, 3.8) is 0 Å². The van der Waals surface area contributed by atoms with Crippen LogP contribution in [-0.2, 0) is 0 Å². The third-order valence-corrected chi connectivity index (χ3v) is 2.53. The van der Waals surface area contributed by atoms with Crippen molar-refractivity contribution in [1.29, 1.82) is 0 Å².